The molecular weight excluding hydrogens is 468 g/mol. The van der Waals surface area contributed by atoms with Crippen molar-refractivity contribution in [1.29, 1.82) is 0 Å². The first-order chi connectivity index (χ1) is 16.2. The van der Waals surface area contributed by atoms with E-state index in [9.17, 15) is 0 Å². The molecule has 0 atom stereocenters. The summed E-state index contributed by atoms with van der Waals surface area (Å²) in [5.74, 6) is 0. The number of para-hydroxylation sites is 2. The fourth-order valence-electron chi connectivity index (χ4n) is 4.79. The van der Waals surface area contributed by atoms with E-state index in [0.717, 1.165) is 21.4 Å². The van der Waals surface area contributed by atoms with Crippen LogP contribution in [0.3, 0.4) is 0 Å². The lowest BCUT2D eigenvalue weighted by molar-refractivity contribution is 1.48. The molecule has 1 aliphatic rings. The highest BCUT2D eigenvalue weighted by atomic mass is 79.9. The van der Waals surface area contributed by atoms with Crippen molar-refractivity contribution in [2.75, 3.05) is 11.1 Å². The maximum absolute atomic E-state index is 6.31. The molecular formula is C30H21BrN2. The standard InChI is InChI=1S/C30H21BrN2/c31-26-18-17-25-23-13-4-3-11-21(23)19-9-1-2-10-20(19)22-12-5-6-14-24(22)29(25)30(26)33-28-16-8-7-15-27(28)32/h1-18,33H,32H2. The van der Waals surface area contributed by atoms with Gasteiger partial charge in [0.05, 0.1) is 17.1 Å². The molecule has 5 aromatic carbocycles. The molecule has 3 heteroatoms. The molecule has 5 aromatic rings. The summed E-state index contributed by atoms with van der Waals surface area (Å²) in [5.41, 5.74) is 18.6. The van der Waals surface area contributed by atoms with Crippen LogP contribution in [0.4, 0.5) is 17.1 Å². The second-order valence-corrected chi connectivity index (χ2v) is 9.05. The third kappa shape index (κ3) is 3.24. The van der Waals surface area contributed by atoms with Crippen molar-refractivity contribution in [3.8, 4) is 44.5 Å². The van der Waals surface area contributed by atoms with Crippen LogP contribution in [0.5, 0.6) is 0 Å². The van der Waals surface area contributed by atoms with Gasteiger partial charge in [0.25, 0.3) is 0 Å². The molecule has 0 fully saturated rings. The SMILES string of the molecule is Nc1ccccc1Nc1c(Br)ccc2c1-c1ccccc1-c1ccccc1-c1ccccc1-2. The summed E-state index contributed by atoms with van der Waals surface area (Å²) in [7, 11) is 0. The number of hydrogen-bond acceptors (Lipinski definition) is 2. The summed E-state index contributed by atoms with van der Waals surface area (Å²) >= 11 is 3.82. The molecule has 6 rings (SSSR count). The lowest BCUT2D eigenvalue weighted by atomic mass is 9.80. The van der Waals surface area contributed by atoms with Crippen molar-refractivity contribution < 1.29 is 0 Å². The van der Waals surface area contributed by atoms with Crippen LogP contribution in [-0.4, -0.2) is 0 Å². The summed E-state index contributed by atoms with van der Waals surface area (Å²) in [6.07, 6.45) is 0. The zero-order chi connectivity index (χ0) is 22.4. The van der Waals surface area contributed by atoms with Crippen molar-refractivity contribution in [2.24, 2.45) is 0 Å². The first kappa shape index (κ1) is 19.8. The van der Waals surface area contributed by atoms with Gasteiger partial charge in [0, 0.05) is 10.0 Å². The number of nitrogens with two attached hydrogens (primary N) is 1. The van der Waals surface area contributed by atoms with Crippen LogP contribution in [0.25, 0.3) is 44.5 Å². The molecule has 0 aliphatic heterocycles. The zero-order valence-electron chi connectivity index (χ0n) is 17.8. The van der Waals surface area contributed by atoms with Gasteiger partial charge in [-0.25, -0.2) is 0 Å². The number of nitrogen functional groups attached to an aromatic ring is 1. The fraction of sp³-hybridized carbons (Fsp3) is 0. The minimum absolute atomic E-state index is 0.715. The Kier molecular flexibility index (Phi) is 4.78. The third-order valence-corrected chi connectivity index (χ3v) is 6.96. The molecule has 0 aromatic heterocycles. The van der Waals surface area contributed by atoms with E-state index < -0.39 is 0 Å². The molecule has 33 heavy (non-hydrogen) atoms. The molecule has 1 aliphatic carbocycles. The summed E-state index contributed by atoms with van der Waals surface area (Å²) < 4.78 is 0.991. The molecule has 0 radical (unpaired) electrons. The van der Waals surface area contributed by atoms with E-state index in [2.05, 4.69) is 106 Å². The van der Waals surface area contributed by atoms with E-state index in [1.807, 2.05) is 24.3 Å². The number of hydrogen-bond donors (Lipinski definition) is 2. The average Bonchev–Trinajstić information content (AvgIpc) is 2.86. The van der Waals surface area contributed by atoms with E-state index in [0.29, 0.717) is 5.69 Å². The van der Waals surface area contributed by atoms with Crippen LogP contribution in [0.2, 0.25) is 0 Å². The monoisotopic (exact) mass is 488 g/mol. The highest BCUT2D eigenvalue weighted by Gasteiger charge is 2.24. The maximum Gasteiger partial charge on any atom is 0.0618 e. The topological polar surface area (TPSA) is 38.0 Å². The van der Waals surface area contributed by atoms with Crippen LogP contribution >= 0.6 is 15.9 Å². The summed E-state index contributed by atoms with van der Waals surface area (Å²) in [4.78, 5) is 0. The highest BCUT2D eigenvalue weighted by Crippen LogP contribution is 2.51. The van der Waals surface area contributed by atoms with Gasteiger partial charge in [-0.1, -0.05) is 91.0 Å². The lowest BCUT2D eigenvalue weighted by Gasteiger charge is -2.26. The predicted octanol–water partition coefficient (Wildman–Crippen LogP) is 8.76. The summed E-state index contributed by atoms with van der Waals surface area (Å²) in [6.45, 7) is 0. The molecule has 0 bridgehead atoms. The first-order valence-corrected chi connectivity index (χ1v) is 11.7. The fourth-order valence-corrected chi connectivity index (χ4v) is 5.22. The van der Waals surface area contributed by atoms with Gasteiger partial charge in [-0.05, 0) is 73.1 Å². The molecule has 0 saturated heterocycles. The van der Waals surface area contributed by atoms with Gasteiger partial charge in [0.1, 0.15) is 0 Å². The van der Waals surface area contributed by atoms with Crippen molar-refractivity contribution in [2.45, 2.75) is 0 Å². The number of rotatable bonds is 2. The van der Waals surface area contributed by atoms with Crippen molar-refractivity contribution in [3.63, 3.8) is 0 Å². The molecule has 0 heterocycles. The second-order valence-electron chi connectivity index (χ2n) is 8.19. The van der Waals surface area contributed by atoms with Gasteiger partial charge in [-0.3, -0.25) is 0 Å². The van der Waals surface area contributed by atoms with Gasteiger partial charge in [-0.15, -0.1) is 0 Å². The Balaban J connectivity index is 1.74. The quantitative estimate of drug-likeness (QED) is 0.239. The Morgan fingerprint density at radius 3 is 1.52 bits per heavy atom. The van der Waals surface area contributed by atoms with E-state index >= 15 is 0 Å². The van der Waals surface area contributed by atoms with Crippen molar-refractivity contribution >= 4 is 33.0 Å². The average molecular weight is 489 g/mol. The van der Waals surface area contributed by atoms with Gasteiger partial charge in [-0.2, -0.15) is 0 Å². The van der Waals surface area contributed by atoms with E-state index in [1.54, 1.807) is 0 Å². The van der Waals surface area contributed by atoms with Crippen LogP contribution in [0.15, 0.2) is 114 Å². The largest absolute Gasteiger partial charge is 0.397 e. The third-order valence-electron chi connectivity index (χ3n) is 6.30. The Hall–Kier alpha value is -3.82. The number of anilines is 3. The van der Waals surface area contributed by atoms with Crippen molar-refractivity contribution in [1.82, 2.24) is 0 Å². The van der Waals surface area contributed by atoms with E-state index in [1.165, 1.54) is 38.9 Å². The smallest absolute Gasteiger partial charge is 0.0618 e. The summed E-state index contributed by atoms with van der Waals surface area (Å²) in [6, 6.07) is 38.2. The molecule has 2 nitrogen and oxygen atoms in total. The van der Waals surface area contributed by atoms with E-state index in [4.69, 9.17) is 5.73 Å². The number of nitrogens with one attached hydrogen (secondary N) is 1. The van der Waals surface area contributed by atoms with Gasteiger partial charge < -0.3 is 11.1 Å². The lowest BCUT2D eigenvalue weighted by Crippen LogP contribution is -2.02. The normalized spacial score (nSPS) is 11.3. The molecule has 0 spiro atoms. The Morgan fingerprint density at radius 2 is 0.939 bits per heavy atom. The molecule has 158 valence electrons. The van der Waals surface area contributed by atoms with Gasteiger partial charge >= 0.3 is 0 Å². The highest BCUT2D eigenvalue weighted by molar-refractivity contribution is 9.10. The second kappa shape index (κ2) is 7.95. The minimum atomic E-state index is 0.715. The van der Waals surface area contributed by atoms with Crippen LogP contribution in [0.1, 0.15) is 0 Å². The van der Waals surface area contributed by atoms with E-state index in [-0.39, 0.29) is 0 Å². The molecule has 0 amide bonds. The predicted molar refractivity (Wildman–Crippen MR) is 144 cm³/mol. The molecule has 0 saturated carbocycles. The number of halogens is 1. The number of fused-ring (bicyclic) bond motifs is 8. The zero-order valence-corrected chi connectivity index (χ0v) is 19.4. The Bertz CT molecular complexity index is 1510. The Labute approximate surface area is 201 Å². The van der Waals surface area contributed by atoms with Crippen LogP contribution in [0, 0.1) is 0 Å². The molecule has 3 N–H and O–H groups in total. The number of benzene rings is 5. The molecule has 0 unspecified atom stereocenters. The maximum atomic E-state index is 6.31. The van der Waals surface area contributed by atoms with Crippen LogP contribution in [-0.2, 0) is 0 Å². The van der Waals surface area contributed by atoms with Crippen LogP contribution < -0.4 is 11.1 Å². The Morgan fingerprint density at radius 1 is 0.485 bits per heavy atom. The summed E-state index contributed by atoms with van der Waals surface area (Å²) in [5, 5.41) is 3.64. The van der Waals surface area contributed by atoms with Gasteiger partial charge in [0.2, 0.25) is 0 Å². The van der Waals surface area contributed by atoms with Gasteiger partial charge in [0.15, 0.2) is 0 Å². The first-order valence-electron chi connectivity index (χ1n) is 10.9. The van der Waals surface area contributed by atoms with Crippen molar-refractivity contribution in [3.05, 3.63) is 114 Å². The minimum Gasteiger partial charge on any atom is -0.397 e.